The number of hydrogen-bond donors (Lipinski definition) is 1. The van der Waals surface area contributed by atoms with Gasteiger partial charge in [0, 0.05) is 39.3 Å². The van der Waals surface area contributed by atoms with E-state index in [9.17, 15) is 17.6 Å². The Morgan fingerprint density at radius 3 is 2.33 bits per heavy atom. The minimum atomic E-state index is -3.70. The van der Waals surface area contributed by atoms with Gasteiger partial charge in [-0.05, 0) is 48.9 Å². The molecule has 0 saturated carbocycles. The molecule has 1 unspecified atom stereocenters. The highest BCUT2D eigenvalue weighted by molar-refractivity contribution is 7.89. The molecule has 1 amide bonds. The molecule has 9 heteroatoms. The van der Waals surface area contributed by atoms with Gasteiger partial charge in [0.15, 0.2) is 0 Å². The minimum absolute atomic E-state index is 0. The van der Waals surface area contributed by atoms with E-state index in [2.05, 4.69) is 5.32 Å². The number of carbonyl (C=O) groups is 1. The number of fused-ring (bicyclic) bond motifs is 1. The molecule has 0 spiro atoms. The number of hydrogen-bond acceptors (Lipinski definition) is 4. The summed E-state index contributed by atoms with van der Waals surface area (Å²) in [6.07, 6.45) is 1.39. The molecule has 1 N–H and O–H groups in total. The normalized spacial score (nSPS) is 28.6. The third-order valence-electron chi connectivity index (χ3n) is 5.89. The average molecular weight is 418 g/mol. The molecule has 1 aromatic rings. The number of amides is 1. The zero-order valence-corrected chi connectivity index (χ0v) is 16.6. The highest BCUT2D eigenvalue weighted by atomic mass is 35.5. The van der Waals surface area contributed by atoms with Crippen LogP contribution in [0.4, 0.5) is 4.39 Å². The van der Waals surface area contributed by atoms with Crippen molar-refractivity contribution in [3.8, 4) is 0 Å². The van der Waals surface area contributed by atoms with Crippen LogP contribution in [0.3, 0.4) is 0 Å². The number of piperidine rings is 1. The monoisotopic (exact) mass is 417 g/mol. The minimum Gasteiger partial charge on any atom is -0.342 e. The number of rotatable bonds is 3. The van der Waals surface area contributed by atoms with E-state index in [-0.39, 0.29) is 35.7 Å². The molecule has 150 valence electrons. The van der Waals surface area contributed by atoms with Crippen molar-refractivity contribution in [2.45, 2.75) is 17.7 Å². The van der Waals surface area contributed by atoms with E-state index in [1.165, 1.54) is 16.4 Å². The Kier molecular flexibility index (Phi) is 6.10. The lowest BCUT2D eigenvalue weighted by atomic mass is 9.98. The second-order valence-corrected chi connectivity index (χ2v) is 9.52. The van der Waals surface area contributed by atoms with E-state index in [0.717, 1.165) is 44.7 Å². The summed E-state index contributed by atoms with van der Waals surface area (Å²) in [6.45, 7) is 4.09. The van der Waals surface area contributed by atoms with Gasteiger partial charge in [0.2, 0.25) is 15.9 Å². The van der Waals surface area contributed by atoms with Crippen molar-refractivity contribution in [2.24, 2.45) is 17.8 Å². The van der Waals surface area contributed by atoms with Crippen LogP contribution in [-0.4, -0.2) is 62.8 Å². The van der Waals surface area contributed by atoms with Crippen LogP contribution in [0.25, 0.3) is 0 Å². The van der Waals surface area contributed by atoms with Crippen LogP contribution in [0.5, 0.6) is 0 Å². The van der Waals surface area contributed by atoms with Crippen LogP contribution in [0, 0.1) is 23.6 Å². The summed E-state index contributed by atoms with van der Waals surface area (Å²) in [5.41, 5.74) is 0. The van der Waals surface area contributed by atoms with E-state index < -0.39 is 15.8 Å². The van der Waals surface area contributed by atoms with Crippen molar-refractivity contribution < 1.29 is 17.6 Å². The van der Waals surface area contributed by atoms with Gasteiger partial charge in [0.05, 0.1) is 10.8 Å². The van der Waals surface area contributed by atoms with Crippen molar-refractivity contribution in [3.63, 3.8) is 0 Å². The Morgan fingerprint density at radius 2 is 1.70 bits per heavy atom. The first-order chi connectivity index (χ1) is 12.4. The molecule has 4 rings (SSSR count). The maximum absolute atomic E-state index is 13.1. The van der Waals surface area contributed by atoms with Crippen LogP contribution >= 0.6 is 12.4 Å². The number of nitrogens with one attached hydrogen (secondary N) is 1. The lowest BCUT2D eigenvalue weighted by Gasteiger charge is -2.33. The molecule has 0 bridgehead atoms. The topological polar surface area (TPSA) is 69.7 Å². The van der Waals surface area contributed by atoms with Crippen molar-refractivity contribution in [1.82, 2.24) is 14.5 Å². The Morgan fingerprint density at radius 1 is 1.07 bits per heavy atom. The summed E-state index contributed by atoms with van der Waals surface area (Å²) in [4.78, 5) is 14.9. The molecule has 0 aliphatic carbocycles. The fraction of sp³-hybridized carbons (Fsp3) is 0.611. The van der Waals surface area contributed by atoms with Gasteiger partial charge in [-0.25, -0.2) is 12.8 Å². The van der Waals surface area contributed by atoms with Crippen LogP contribution in [0.2, 0.25) is 0 Å². The molecule has 0 radical (unpaired) electrons. The van der Waals surface area contributed by atoms with Crippen LogP contribution in [0.1, 0.15) is 12.8 Å². The zero-order chi connectivity index (χ0) is 18.3. The molecule has 6 nitrogen and oxygen atoms in total. The van der Waals surface area contributed by atoms with E-state index in [0.29, 0.717) is 24.8 Å². The van der Waals surface area contributed by atoms with E-state index in [1.54, 1.807) is 0 Å². The van der Waals surface area contributed by atoms with Gasteiger partial charge in [-0.1, -0.05) is 0 Å². The average Bonchev–Trinajstić information content (AvgIpc) is 3.23. The second-order valence-electron chi connectivity index (χ2n) is 7.58. The van der Waals surface area contributed by atoms with Gasteiger partial charge in [-0.2, -0.15) is 4.31 Å². The predicted octanol–water partition coefficient (Wildman–Crippen LogP) is 1.33. The fourth-order valence-corrected chi connectivity index (χ4v) is 5.94. The second kappa shape index (κ2) is 8.03. The largest absolute Gasteiger partial charge is 0.342 e. The fourth-order valence-electron chi connectivity index (χ4n) is 4.41. The molecule has 3 heterocycles. The Labute approximate surface area is 165 Å². The van der Waals surface area contributed by atoms with Crippen molar-refractivity contribution in [3.05, 3.63) is 30.1 Å². The lowest BCUT2D eigenvalue weighted by Crippen LogP contribution is -2.46. The third kappa shape index (κ3) is 3.99. The van der Waals surface area contributed by atoms with Crippen LogP contribution in [-0.2, 0) is 14.8 Å². The standard InChI is InChI=1S/C18H24FN3O3S.ClH/c19-16-3-5-17(6-4-16)26(24,25)22-7-1-2-13(12-22)18(23)21-10-14-8-20-9-15(14)11-21;/h3-6,13-15,20H,1-2,7-12H2;1H/t13?,14-,15+;. The van der Waals surface area contributed by atoms with Gasteiger partial charge >= 0.3 is 0 Å². The van der Waals surface area contributed by atoms with Crippen LogP contribution in [0.15, 0.2) is 29.2 Å². The third-order valence-corrected chi connectivity index (χ3v) is 7.77. The van der Waals surface area contributed by atoms with Gasteiger partial charge in [-0.15, -0.1) is 12.4 Å². The van der Waals surface area contributed by atoms with Crippen molar-refractivity contribution in [2.75, 3.05) is 39.3 Å². The maximum Gasteiger partial charge on any atom is 0.243 e. The van der Waals surface area contributed by atoms with E-state index >= 15 is 0 Å². The molecule has 27 heavy (non-hydrogen) atoms. The molecular formula is C18H25ClFN3O3S. The van der Waals surface area contributed by atoms with Gasteiger partial charge < -0.3 is 10.2 Å². The highest BCUT2D eigenvalue weighted by Gasteiger charge is 2.41. The number of likely N-dealkylation sites (tertiary alicyclic amines) is 1. The number of halogens is 2. The molecule has 3 fully saturated rings. The first-order valence-electron chi connectivity index (χ1n) is 9.20. The van der Waals surface area contributed by atoms with E-state index in [4.69, 9.17) is 0 Å². The molecule has 3 aliphatic heterocycles. The van der Waals surface area contributed by atoms with Crippen LogP contribution < -0.4 is 5.32 Å². The lowest BCUT2D eigenvalue weighted by molar-refractivity contribution is -0.135. The number of nitrogens with zero attached hydrogens (tertiary/aromatic N) is 2. The first kappa shape index (κ1) is 20.5. The Hall–Kier alpha value is -1.22. The molecule has 1 aromatic carbocycles. The first-order valence-corrected chi connectivity index (χ1v) is 10.6. The summed E-state index contributed by atoms with van der Waals surface area (Å²) in [5.74, 6) is 0.386. The molecular weight excluding hydrogens is 393 g/mol. The summed E-state index contributed by atoms with van der Waals surface area (Å²) in [5, 5.41) is 3.36. The predicted molar refractivity (Wildman–Crippen MR) is 102 cm³/mol. The van der Waals surface area contributed by atoms with Crippen molar-refractivity contribution >= 4 is 28.3 Å². The Bertz CT molecular complexity index is 778. The molecule has 3 saturated heterocycles. The SMILES string of the molecule is Cl.O=C(C1CCCN(S(=O)(=O)c2ccc(F)cc2)C1)N1C[C@H]2CNC[C@H]2C1. The van der Waals surface area contributed by atoms with Gasteiger partial charge in [0.25, 0.3) is 0 Å². The number of carbonyl (C=O) groups excluding carboxylic acids is 1. The van der Waals surface area contributed by atoms with Gasteiger partial charge in [-0.3, -0.25) is 4.79 Å². The summed E-state index contributed by atoms with van der Waals surface area (Å²) in [6, 6.07) is 4.86. The smallest absolute Gasteiger partial charge is 0.243 e. The summed E-state index contributed by atoms with van der Waals surface area (Å²) in [7, 11) is -3.70. The molecule has 0 aromatic heterocycles. The molecule has 3 aliphatic rings. The maximum atomic E-state index is 13.1. The van der Waals surface area contributed by atoms with E-state index in [1.807, 2.05) is 4.90 Å². The Balaban J connectivity index is 0.00000210. The zero-order valence-electron chi connectivity index (χ0n) is 15.0. The highest BCUT2D eigenvalue weighted by Crippen LogP contribution is 2.30. The van der Waals surface area contributed by atoms with Gasteiger partial charge in [0.1, 0.15) is 5.82 Å². The number of sulfonamides is 1. The number of benzene rings is 1. The quantitative estimate of drug-likeness (QED) is 0.805. The summed E-state index contributed by atoms with van der Waals surface area (Å²) < 4.78 is 40.1. The van der Waals surface area contributed by atoms with Crippen molar-refractivity contribution in [1.29, 1.82) is 0 Å². The molecule has 3 atom stereocenters. The summed E-state index contributed by atoms with van der Waals surface area (Å²) >= 11 is 0.